The van der Waals surface area contributed by atoms with Crippen molar-refractivity contribution >= 4 is 17.9 Å². The van der Waals surface area contributed by atoms with Crippen molar-refractivity contribution in [3.05, 3.63) is 35.9 Å². The Hall–Kier alpha value is -2.57. The molecule has 2 rings (SSSR count). The quantitative estimate of drug-likeness (QED) is 0.380. The Morgan fingerprint density at radius 3 is 2.76 bits per heavy atom. The average Bonchev–Trinajstić information content (AvgIpc) is 2.80. The van der Waals surface area contributed by atoms with Gasteiger partial charge in [0.05, 0.1) is 6.54 Å². The summed E-state index contributed by atoms with van der Waals surface area (Å²) in [5.41, 5.74) is 6.93. The van der Waals surface area contributed by atoms with Gasteiger partial charge >= 0.3 is 6.03 Å². The number of amides is 3. The number of nitrogens with zero attached hydrogens (tertiary/aromatic N) is 2. The van der Waals surface area contributed by atoms with Crippen LogP contribution in [0.4, 0.5) is 4.79 Å². The number of carbonyl (C=O) groups is 2. The van der Waals surface area contributed by atoms with E-state index in [0.29, 0.717) is 19.0 Å². The van der Waals surface area contributed by atoms with Gasteiger partial charge in [0.25, 0.3) is 0 Å². The molecule has 1 heterocycles. The van der Waals surface area contributed by atoms with Gasteiger partial charge < -0.3 is 16.4 Å². The Labute approximate surface area is 123 Å². The minimum absolute atomic E-state index is 0.0689. The van der Waals surface area contributed by atoms with Crippen molar-refractivity contribution in [3.8, 4) is 0 Å². The molecule has 3 amide bonds. The van der Waals surface area contributed by atoms with Gasteiger partial charge in [-0.15, -0.1) is 0 Å². The van der Waals surface area contributed by atoms with Gasteiger partial charge in [0.15, 0.2) is 5.96 Å². The summed E-state index contributed by atoms with van der Waals surface area (Å²) in [4.78, 5) is 28.0. The van der Waals surface area contributed by atoms with E-state index in [-0.39, 0.29) is 25.0 Å². The van der Waals surface area contributed by atoms with Crippen LogP contribution in [0.5, 0.6) is 0 Å². The van der Waals surface area contributed by atoms with Crippen molar-refractivity contribution < 1.29 is 9.59 Å². The fourth-order valence-electron chi connectivity index (χ4n) is 1.98. The third-order valence-corrected chi connectivity index (χ3v) is 3.10. The summed E-state index contributed by atoms with van der Waals surface area (Å²) in [7, 11) is 0. The zero-order valence-electron chi connectivity index (χ0n) is 11.7. The number of aliphatic imine (C=N–C) groups is 1. The fraction of sp³-hybridized carbons (Fsp3) is 0.357. The molecule has 0 bridgehead atoms. The number of hydrogen-bond acceptors (Lipinski definition) is 3. The van der Waals surface area contributed by atoms with Crippen LogP contribution in [-0.2, 0) is 11.2 Å². The summed E-state index contributed by atoms with van der Waals surface area (Å²) in [6, 6.07) is 9.66. The van der Waals surface area contributed by atoms with Crippen molar-refractivity contribution in [3.63, 3.8) is 0 Å². The molecule has 1 fully saturated rings. The standard InChI is InChI=1S/C14H19N5O2/c15-13(16-7-6-11-4-2-1-3-5-11)17-8-9-19-12(20)10-18-14(19)21/h1-5H,6-10H2,(H,18,21)(H3,15,16,17). The summed E-state index contributed by atoms with van der Waals surface area (Å²) in [5, 5.41) is 5.35. The lowest BCUT2D eigenvalue weighted by Crippen LogP contribution is -2.41. The molecular weight excluding hydrogens is 270 g/mol. The maximum Gasteiger partial charge on any atom is 0.324 e. The number of carbonyl (C=O) groups excluding carboxylic acids is 2. The van der Waals surface area contributed by atoms with Gasteiger partial charge in [0.2, 0.25) is 5.91 Å². The Morgan fingerprint density at radius 2 is 2.10 bits per heavy atom. The van der Waals surface area contributed by atoms with Crippen molar-refractivity contribution in [2.45, 2.75) is 6.42 Å². The zero-order valence-corrected chi connectivity index (χ0v) is 11.7. The number of urea groups is 1. The number of hydrogen-bond donors (Lipinski definition) is 3. The van der Waals surface area contributed by atoms with Gasteiger partial charge in [0.1, 0.15) is 0 Å². The first-order valence-corrected chi connectivity index (χ1v) is 6.83. The van der Waals surface area contributed by atoms with Crippen LogP contribution in [0.3, 0.4) is 0 Å². The SMILES string of the molecule is NC(=NCCc1ccccc1)NCCN1C(=O)CNC1=O. The molecule has 1 aromatic rings. The Balaban J connectivity index is 1.67. The molecule has 0 radical (unpaired) electrons. The molecule has 0 spiro atoms. The number of benzene rings is 1. The normalized spacial score (nSPS) is 15.2. The van der Waals surface area contributed by atoms with Crippen LogP contribution in [0, 0.1) is 0 Å². The number of guanidine groups is 1. The predicted molar refractivity (Wildman–Crippen MR) is 79.7 cm³/mol. The number of rotatable bonds is 6. The lowest BCUT2D eigenvalue weighted by atomic mass is 10.2. The van der Waals surface area contributed by atoms with E-state index in [9.17, 15) is 9.59 Å². The molecule has 0 aromatic heterocycles. The third kappa shape index (κ3) is 4.48. The van der Waals surface area contributed by atoms with Gasteiger partial charge in [-0.1, -0.05) is 30.3 Å². The molecule has 0 unspecified atom stereocenters. The van der Waals surface area contributed by atoms with Gasteiger partial charge in [-0.2, -0.15) is 0 Å². The van der Waals surface area contributed by atoms with Crippen LogP contribution in [0.15, 0.2) is 35.3 Å². The minimum atomic E-state index is -0.360. The minimum Gasteiger partial charge on any atom is -0.370 e. The van der Waals surface area contributed by atoms with Gasteiger partial charge in [-0.25, -0.2) is 4.79 Å². The molecular formula is C14H19N5O2. The van der Waals surface area contributed by atoms with E-state index in [0.717, 1.165) is 11.3 Å². The average molecular weight is 289 g/mol. The second kappa shape index (κ2) is 7.28. The summed E-state index contributed by atoms with van der Waals surface area (Å²) in [5.74, 6) is 0.0966. The van der Waals surface area contributed by atoms with Crippen LogP contribution in [-0.4, -0.2) is 49.0 Å². The summed E-state index contributed by atoms with van der Waals surface area (Å²) in [6.45, 7) is 1.32. The molecule has 7 nitrogen and oxygen atoms in total. The smallest absolute Gasteiger partial charge is 0.324 e. The monoisotopic (exact) mass is 289 g/mol. The maximum atomic E-state index is 11.3. The Bertz CT molecular complexity index is 513. The molecule has 0 atom stereocenters. The molecule has 1 saturated heterocycles. The van der Waals surface area contributed by atoms with Crippen molar-refractivity contribution in [1.82, 2.24) is 15.5 Å². The largest absolute Gasteiger partial charge is 0.370 e. The summed E-state index contributed by atoms with van der Waals surface area (Å²) >= 11 is 0. The number of nitrogens with one attached hydrogen (secondary N) is 2. The van der Waals surface area contributed by atoms with Crippen molar-refractivity contribution in [2.24, 2.45) is 10.7 Å². The highest BCUT2D eigenvalue weighted by Crippen LogP contribution is 1.99. The van der Waals surface area contributed by atoms with Crippen LogP contribution in [0.1, 0.15) is 5.56 Å². The lowest BCUT2D eigenvalue weighted by Gasteiger charge is -2.12. The van der Waals surface area contributed by atoms with E-state index in [2.05, 4.69) is 15.6 Å². The highest BCUT2D eigenvalue weighted by Gasteiger charge is 2.27. The predicted octanol–water partition coefficient (Wildman–Crippen LogP) is -0.315. The molecule has 7 heteroatoms. The molecule has 0 saturated carbocycles. The van der Waals surface area contributed by atoms with Gasteiger partial charge in [-0.05, 0) is 12.0 Å². The molecule has 21 heavy (non-hydrogen) atoms. The summed E-state index contributed by atoms with van der Waals surface area (Å²) in [6.07, 6.45) is 0.816. The fourth-order valence-corrected chi connectivity index (χ4v) is 1.98. The van der Waals surface area contributed by atoms with Crippen molar-refractivity contribution in [1.29, 1.82) is 0 Å². The van der Waals surface area contributed by atoms with E-state index < -0.39 is 0 Å². The van der Waals surface area contributed by atoms with E-state index in [1.54, 1.807) is 0 Å². The van der Waals surface area contributed by atoms with Crippen LogP contribution in [0.25, 0.3) is 0 Å². The molecule has 0 aliphatic carbocycles. The van der Waals surface area contributed by atoms with Crippen LogP contribution in [0.2, 0.25) is 0 Å². The number of nitrogens with two attached hydrogens (primary N) is 1. The molecule has 4 N–H and O–H groups in total. The highest BCUT2D eigenvalue weighted by atomic mass is 16.2. The Morgan fingerprint density at radius 1 is 1.33 bits per heavy atom. The van der Waals surface area contributed by atoms with Gasteiger partial charge in [0, 0.05) is 19.6 Å². The second-order valence-electron chi connectivity index (χ2n) is 4.63. The zero-order chi connectivity index (χ0) is 15.1. The van der Waals surface area contributed by atoms with E-state index in [1.165, 1.54) is 5.56 Å². The summed E-state index contributed by atoms with van der Waals surface area (Å²) < 4.78 is 0. The third-order valence-electron chi connectivity index (χ3n) is 3.10. The van der Waals surface area contributed by atoms with Gasteiger partial charge in [-0.3, -0.25) is 14.7 Å². The molecule has 1 aliphatic heterocycles. The maximum absolute atomic E-state index is 11.3. The van der Waals surface area contributed by atoms with Crippen molar-refractivity contribution in [2.75, 3.05) is 26.2 Å². The molecule has 1 aliphatic rings. The lowest BCUT2D eigenvalue weighted by molar-refractivity contribution is -0.124. The van der Waals surface area contributed by atoms with E-state index in [1.807, 2.05) is 30.3 Å². The van der Waals surface area contributed by atoms with E-state index in [4.69, 9.17) is 5.73 Å². The first-order chi connectivity index (χ1) is 10.2. The second-order valence-corrected chi connectivity index (χ2v) is 4.63. The van der Waals surface area contributed by atoms with E-state index >= 15 is 0 Å². The highest BCUT2D eigenvalue weighted by molar-refractivity contribution is 6.01. The topological polar surface area (TPSA) is 99.8 Å². The first-order valence-electron chi connectivity index (χ1n) is 6.83. The first kappa shape index (κ1) is 14.8. The molecule has 112 valence electrons. The van der Waals surface area contributed by atoms with Crippen LogP contribution >= 0.6 is 0 Å². The van der Waals surface area contributed by atoms with Crippen LogP contribution < -0.4 is 16.4 Å². The molecule has 1 aromatic carbocycles. The number of imide groups is 1. The Kier molecular flexibility index (Phi) is 5.14.